The average Bonchev–Trinajstić information content (AvgIpc) is 2.64. The minimum absolute atomic E-state index is 0.719. The molecule has 2 aromatic rings. The molecule has 0 aliphatic rings. The van der Waals surface area contributed by atoms with Crippen LogP contribution in [0.25, 0.3) is 5.65 Å². The molecule has 80 valence electrons. The van der Waals surface area contributed by atoms with Crippen molar-refractivity contribution in [3.05, 3.63) is 24.5 Å². The zero-order valence-corrected chi connectivity index (χ0v) is 9.14. The molecule has 0 radical (unpaired) electrons. The Morgan fingerprint density at radius 1 is 1.40 bits per heavy atom. The molecule has 0 unspecified atom stereocenters. The fourth-order valence-corrected chi connectivity index (χ4v) is 1.40. The van der Waals surface area contributed by atoms with Gasteiger partial charge in [0.1, 0.15) is 5.82 Å². The van der Waals surface area contributed by atoms with E-state index >= 15 is 0 Å². The van der Waals surface area contributed by atoms with Gasteiger partial charge in [0.25, 0.3) is 0 Å². The summed E-state index contributed by atoms with van der Waals surface area (Å²) in [4.78, 5) is 4.42. The van der Waals surface area contributed by atoms with Crippen molar-refractivity contribution in [1.29, 1.82) is 0 Å². The van der Waals surface area contributed by atoms with Gasteiger partial charge in [-0.05, 0) is 18.4 Å². The molecule has 0 atom stereocenters. The normalized spacial score (nSPS) is 11.1. The Kier molecular flexibility index (Phi) is 2.85. The fraction of sp³-hybridized carbons (Fsp3) is 0.455. The SMILES string of the molecule is CC(C)CCNc1ccn2nccc2n1. The van der Waals surface area contributed by atoms with Crippen molar-refractivity contribution >= 4 is 11.5 Å². The molecular weight excluding hydrogens is 188 g/mol. The van der Waals surface area contributed by atoms with Crippen LogP contribution >= 0.6 is 0 Å². The Morgan fingerprint density at radius 3 is 3.07 bits per heavy atom. The lowest BCUT2D eigenvalue weighted by Crippen LogP contribution is -2.06. The van der Waals surface area contributed by atoms with Crippen LogP contribution in [0.5, 0.6) is 0 Å². The predicted octanol–water partition coefficient (Wildman–Crippen LogP) is 2.19. The fourth-order valence-electron chi connectivity index (χ4n) is 1.40. The zero-order valence-electron chi connectivity index (χ0n) is 9.14. The first-order valence-electron chi connectivity index (χ1n) is 5.30. The number of anilines is 1. The molecule has 0 spiro atoms. The van der Waals surface area contributed by atoms with Gasteiger partial charge < -0.3 is 5.32 Å². The van der Waals surface area contributed by atoms with E-state index in [1.165, 1.54) is 0 Å². The standard InChI is InChI=1S/C11H16N4/c1-9(2)3-6-12-10-5-8-15-11(14-10)4-7-13-15/h4-5,7-9H,3,6H2,1-2H3,(H,12,14). The predicted molar refractivity (Wildman–Crippen MR) is 60.9 cm³/mol. The quantitative estimate of drug-likeness (QED) is 0.830. The maximum atomic E-state index is 4.42. The Morgan fingerprint density at radius 2 is 2.27 bits per heavy atom. The topological polar surface area (TPSA) is 42.2 Å². The third kappa shape index (κ3) is 2.46. The smallest absolute Gasteiger partial charge is 0.157 e. The van der Waals surface area contributed by atoms with Crippen LogP contribution in [0.2, 0.25) is 0 Å². The number of aromatic nitrogens is 3. The van der Waals surface area contributed by atoms with E-state index in [1.54, 1.807) is 10.7 Å². The second-order valence-electron chi connectivity index (χ2n) is 4.06. The Bertz CT molecular complexity index is 433. The molecule has 2 heterocycles. The van der Waals surface area contributed by atoms with E-state index in [9.17, 15) is 0 Å². The molecule has 0 aliphatic carbocycles. The highest BCUT2D eigenvalue weighted by Crippen LogP contribution is 2.06. The van der Waals surface area contributed by atoms with Gasteiger partial charge in [-0.2, -0.15) is 5.10 Å². The Hall–Kier alpha value is -1.58. The molecule has 0 aromatic carbocycles. The maximum absolute atomic E-state index is 4.42. The summed E-state index contributed by atoms with van der Waals surface area (Å²) < 4.78 is 1.76. The van der Waals surface area contributed by atoms with E-state index in [2.05, 4.69) is 29.2 Å². The van der Waals surface area contributed by atoms with Crippen molar-refractivity contribution in [3.63, 3.8) is 0 Å². The lowest BCUT2D eigenvalue weighted by atomic mass is 10.1. The first-order valence-corrected chi connectivity index (χ1v) is 5.30. The number of fused-ring (bicyclic) bond motifs is 1. The molecule has 4 nitrogen and oxygen atoms in total. The summed E-state index contributed by atoms with van der Waals surface area (Å²) in [6.07, 6.45) is 4.83. The summed E-state index contributed by atoms with van der Waals surface area (Å²) in [5.74, 6) is 1.64. The first-order chi connectivity index (χ1) is 7.25. The molecule has 15 heavy (non-hydrogen) atoms. The maximum Gasteiger partial charge on any atom is 0.157 e. The summed E-state index contributed by atoms with van der Waals surface area (Å²) in [6.45, 7) is 5.40. The summed E-state index contributed by atoms with van der Waals surface area (Å²) in [6, 6.07) is 3.84. The molecule has 0 bridgehead atoms. The van der Waals surface area contributed by atoms with E-state index in [-0.39, 0.29) is 0 Å². The van der Waals surface area contributed by atoms with Crippen LogP contribution in [0.4, 0.5) is 5.82 Å². The minimum atomic E-state index is 0.719. The van der Waals surface area contributed by atoms with Gasteiger partial charge in [0, 0.05) is 18.8 Å². The van der Waals surface area contributed by atoms with Gasteiger partial charge in [-0.3, -0.25) is 0 Å². The largest absolute Gasteiger partial charge is 0.370 e. The highest BCUT2D eigenvalue weighted by atomic mass is 15.2. The number of hydrogen-bond acceptors (Lipinski definition) is 3. The van der Waals surface area contributed by atoms with Crippen LogP contribution in [0.1, 0.15) is 20.3 Å². The molecular formula is C11H16N4. The summed E-state index contributed by atoms with van der Waals surface area (Å²) >= 11 is 0. The molecule has 0 amide bonds. The van der Waals surface area contributed by atoms with Crippen molar-refractivity contribution in [3.8, 4) is 0 Å². The summed E-state index contributed by atoms with van der Waals surface area (Å²) in [5.41, 5.74) is 0.879. The molecule has 4 heteroatoms. The van der Waals surface area contributed by atoms with Gasteiger partial charge in [-0.1, -0.05) is 13.8 Å². The Labute approximate surface area is 89.3 Å². The lowest BCUT2D eigenvalue weighted by Gasteiger charge is -2.07. The second kappa shape index (κ2) is 4.29. The van der Waals surface area contributed by atoms with Gasteiger partial charge in [-0.25, -0.2) is 9.50 Å². The number of rotatable bonds is 4. The molecule has 0 aliphatic heterocycles. The van der Waals surface area contributed by atoms with Gasteiger partial charge in [0.2, 0.25) is 0 Å². The van der Waals surface area contributed by atoms with Crippen LogP contribution in [0.3, 0.4) is 0 Å². The molecule has 0 saturated carbocycles. The van der Waals surface area contributed by atoms with E-state index in [0.29, 0.717) is 0 Å². The van der Waals surface area contributed by atoms with Gasteiger partial charge >= 0.3 is 0 Å². The van der Waals surface area contributed by atoms with Crippen LogP contribution in [-0.2, 0) is 0 Å². The molecule has 1 N–H and O–H groups in total. The van der Waals surface area contributed by atoms with Crippen molar-refractivity contribution < 1.29 is 0 Å². The van der Waals surface area contributed by atoms with Gasteiger partial charge in [0.05, 0.1) is 6.20 Å². The van der Waals surface area contributed by atoms with Crippen molar-refractivity contribution in [1.82, 2.24) is 14.6 Å². The van der Waals surface area contributed by atoms with E-state index in [4.69, 9.17) is 0 Å². The van der Waals surface area contributed by atoms with Crippen molar-refractivity contribution in [2.45, 2.75) is 20.3 Å². The van der Waals surface area contributed by atoms with Crippen molar-refractivity contribution in [2.75, 3.05) is 11.9 Å². The highest BCUT2D eigenvalue weighted by Gasteiger charge is 1.98. The second-order valence-corrected chi connectivity index (χ2v) is 4.06. The van der Waals surface area contributed by atoms with Crippen LogP contribution in [0, 0.1) is 5.92 Å². The van der Waals surface area contributed by atoms with E-state index < -0.39 is 0 Å². The van der Waals surface area contributed by atoms with Crippen LogP contribution in [-0.4, -0.2) is 21.1 Å². The zero-order chi connectivity index (χ0) is 10.7. The van der Waals surface area contributed by atoms with E-state index in [1.807, 2.05) is 18.3 Å². The summed E-state index contributed by atoms with van der Waals surface area (Å²) in [5, 5.41) is 7.40. The highest BCUT2D eigenvalue weighted by molar-refractivity contribution is 5.45. The third-order valence-electron chi connectivity index (χ3n) is 2.29. The average molecular weight is 204 g/mol. The lowest BCUT2D eigenvalue weighted by molar-refractivity contribution is 0.606. The van der Waals surface area contributed by atoms with Crippen molar-refractivity contribution in [2.24, 2.45) is 5.92 Å². The van der Waals surface area contributed by atoms with E-state index in [0.717, 1.165) is 30.3 Å². The third-order valence-corrected chi connectivity index (χ3v) is 2.29. The monoisotopic (exact) mass is 204 g/mol. The molecule has 2 rings (SSSR count). The number of nitrogens with zero attached hydrogens (tertiary/aromatic N) is 3. The number of nitrogens with one attached hydrogen (secondary N) is 1. The van der Waals surface area contributed by atoms with Gasteiger partial charge in [-0.15, -0.1) is 0 Å². The van der Waals surface area contributed by atoms with Gasteiger partial charge in [0.15, 0.2) is 5.65 Å². The minimum Gasteiger partial charge on any atom is -0.370 e. The molecule has 0 fully saturated rings. The number of hydrogen-bond donors (Lipinski definition) is 1. The molecule has 2 aromatic heterocycles. The summed E-state index contributed by atoms with van der Waals surface area (Å²) in [7, 11) is 0. The molecule has 0 saturated heterocycles. The first kappa shape index (κ1) is 9.96. The van der Waals surface area contributed by atoms with Crippen LogP contribution < -0.4 is 5.32 Å². The van der Waals surface area contributed by atoms with Crippen LogP contribution in [0.15, 0.2) is 24.5 Å². The Balaban J connectivity index is 2.02.